The third kappa shape index (κ3) is 1.49. The number of hydrogen-bond donors (Lipinski definition) is 0. The highest BCUT2D eigenvalue weighted by Gasteiger charge is 2.22. The second kappa shape index (κ2) is 3.92. The average molecular weight is 267 g/mol. The molecule has 0 saturated carbocycles. The first-order valence-electron chi connectivity index (χ1n) is 7.30. The van der Waals surface area contributed by atoms with E-state index in [1.807, 2.05) is 0 Å². The van der Waals surface area contributed by atoms with Gasteiger partial charge in [0.1, 0.15) is 0 Å². The average Bonchev–Trinajstić information content (AvgIpc) is 2.90. The number of rotatable bonds is 0. The van der Waals surface area contributed by atoms with Gasteiger partial charge in [0, 0.05) is 17.4 Å². The molecule has 0 fully saturated rings. The monoisotopic (exact) mass is 267 g/mol. The maximum Gasteiger partial charge on any atom is 0.0705 e. The molecule has 3 aromatic carbocycles. The highest BCUT2D eigenvalue weighted by atomic mass is 14.7. The highest BCUT2D eigenvalue weighted by molar-refractivity contribution is 6.02. The summed E-state index contributed by atoms with van der Waals surface area (Å²) in [6.45, 7) is 0. The molecule has 21 heavy (non-hydrogen) atoms. The van der Waals surface area contributed by atoms with Gasteiger partial charge in [0.05, 0.1) is 11.2 Å². The van der Waals surface area contributed by atoms with Crippen LogP contribution in [0.25, 0.3) is 32.8 Å². The van der Waals surface area contributed by atoms with Crippen molar-refractivity contribution in [3.63, 3.8) is 0 Å². The van der Waals surface area contributed by atoms with Crippen LogP contribution in [-0.2, 0) is 6.42 Å². The van der Waals surface area contributed by atoms with E-state index in [2.05, 4.69) is 66.7 Å². The molecular formula is C20H13N. The molecule has 1 nitrogen and oxygen atoms in total. The smallest absolute Gasteiger partial charge is 0.0705 e. The summed E-state index contributed by atoms with van der Waals surface area (Å²) >= 11 is 0. The van der Waals surface area contributed by atoms with E-state index in [1.54, 1.807) is 0 Å². The van der Waals surface area contributed by atoms with Crippen molar-refractivity contribution in [3.8, 4) is 11.1 Å². The Kier molecular flexibility index (Phi) is 2.06. The molecule has 0 saturated heterocycles. The molecule has 0 aliphatic heterocycles. The van der Waals surface area contributed by atoms with Gasteiger partial charge in [-0.05, 0) is 34.0 Å². The molecule has 0 N–H and O–H groups in total. The molecule has 1 heterocycles. The van der Waals surface area contributed by atoms with E-state index in [0.29, 0.717) is 0 Å². The first-order valence-corrected chi connectivity index (χ1v) is 7.30. The maximum absolute atomic E-state index is 4.88. The van der Waals surface area contributed by atoms with Gasteiger partial charge in [-0.2, -0.15) is 0 Å². The molecule has 5 rings (SSSR count). The van der Waals surface area contributed by atoms with Crippen LogP contribution in [-0.4, -0.2) is 4.98 Å². The van der Waals surface area contributed by atoms with Crippen LogP contribution in [0.3, 0.4) is 0 Å². The molecule has 0 bridgehead atoms. The number of fused-ring (bicyclic) bond motifs is 6. The van der Waals surface area contributed by atoms with Crippen molar-refractivity contribution in [3.05, 3.63) is 78.0 Å². The fourth-order valence-electron chi connectivity index (χ4n) is 3.47. The van der Waals surface area contributed by atoms with Gasteiger partial charge in [-0.15, -0.1) is 0 Å². The Labute approximate surface area is 122 Å². The van der Waals surface area contributed by atoms with Crippen molar-refractivity contribution < 1.29 is 0 Å². The van der Waals surface area contributed by atoms with Crippen LogP contribution >= 0.6 is 0 Å². The zero-order valence-electron chi connectivity index (χ0n) is 11.5. The molecule has 0 amide bonds. The number of pyridine rings is 1. The molecule has 0 radical (unpaired) electrons. The molecule has 0 unspecified atom stereocenters. The van der Waals surface area contributed by atoms with Crippen LogP contribution in [0.2, 0.25) is 0 Å². The first kappa shape index (κ1) is 11.0. The molecule has 1 aliphatic carbocycles. The van der Waals surface area contributed by atoms with Crippen molar-refractivity contribution in [2.24, 2.45) is 0 Å². The summed E-state index contributed by atoms with van der Waals surface area (Å²) in [5.74, 6) is 0. The van der Waals surface area contributed by atoms with Gasteiger partial charge in [0.2, 0.25) is 0 Å². The molecular weight excluding hydrogens is 254 g/mol. The molecule has 1 heteroatoms. The van der Waals surface area contributed by atoms with Crippen molar-refractivity contribution in [1.82, 2.24) is 4.98 Å². The second-order valence-corrected chi connectivity index (χ2v) is 5.67. The number of benzene rings is 3. The minimum absolute atomic E-state index is 0.945. The summed E-state index contributed by atoms with van der Waals surface area (Å²) in [7, 11) is 0. The lowest BCUT2D eigenvalue weighted by Crippen LogP contribution is -1.87. The quantitative estimate of drug-likeness (QED) is 0.386. The number of nitrogens with zero attached hydrogens (tertiary/aromatic N) is 1. The van der Waals surface area contributed by atoms with Crippen LogP contribution in [0.15, 0.2) is 66.7 Å². The summed E-state index contributed by atoms with van der Waals surface area (Å²) in [6, 6.07) is 23.8. The summed E-state index contributed by atoms with van der Waals surface area (Å²) in [4.78, 5) is 4.88. The lowest BCUT2D eigenvalue weighted by Gasteiger charge is -2.07. The van der Waals surface area contributed by atoms with Gasteiger partial charge in [-0.3, -0.25) is 4.98 Å². The number of hydrogen-bond acceptors (Lipinski definition) is 1. The molecule has 98 valence electrons. The summed E-state index contributed by atoms with van der Waals surface area (Å²) in [6.07, 6.45) is 0.945. The van der Waals surface area contributed by atoms with Gasteiger partial charge in [0.25, 0.3) is 0 Å². The minimum atomic E-state index is 0.945. The summed E-state index contributed by atoms with van der Waals surface area (Å²) < 4.78 is 0. The van der Waals surface area contributed by atoms with Crippen LogP contribution in [0.1, 0.15) is 11.3 Å². The third-order valence-electron chi connectivity index (χ3n) is 4.45. The van der Waals surface area contributed by atoms with Crippen LogP contribution in [0.5, 0.6) is 0 Å². The lowest BCUT2D eigenvalue weighted by molar-refractivity contribution is 1.15. The normalized spacial score (nSPS) is 12.6. The summed E-state index contributed by atoms with van der Waals surface area (Å²) in [5, 5.41) is 3.86. The fourth-order valence-corrected chi connectivity index (χ4v) is 3.47. The Morgan fingerprint density at radius 1 is 0.762 bits per heavy atom. The molecule has 0 spiro atoms. The molecule has 4 aromatic rings. The van der Waals surface area contributed by atoms with E-state index < -0.39 is 0 Å². The SMILES string of the molecule is c1ccc2nc3c(cc2c1)-c1c(ccc2ccccc12)C3. The van der Waals surface area contributed by atoms with E-state index >= 15 is 0 Å². The Morgan fingerprint density at radius 2 is 1.57 bits per heavy atom. The van der Waals surface area contributed by atoms with Crippen LogP contribution < -0.4 is 0 Å². The number of para-hydroxylation sites is 1. The van der Waals surface area contributed by atoms with Crippen molar-refractivity contribution in [2.45, 2.75) is 6.42 Å². The predicted molar refractivity (Wildman–Crippen MR) is 87.5 cm³/mol. The molecule has 1 aromatic heterocycles. The Balaban J connectivity index is 1.92. The Morgan fingerprint density at radius 3 is 2.52 bits per heavy atom. The number of aromatic nitrogens is 1. The van der Waals surface area contributed by atoms with Gasteiger partial charge < -0.3 is 0 Å². The van der Waals surface area contributed by atoms with Gasteiger partial charge in [0.15, 0.2) is 0 Å². The largest absolute Gasteiger partial charge is 0.252 e. The van der Waals surface area contributed by atoms with Crippen molar-refractivity contribution in [1.29, 1.82) is 0 Å². The Hall–Kier alpha value is -2.67. The zero-order chi connectivity index (χ0) is 13.8. The summed E-state index contributed by atoms with van der Waals surface area (Å²) in [5.41, 5.74) is 6.38. The van der Waals surface area contributed by atoms with Crippen LogP contribution in [0, 0.1) is 0 Å². The van der Waals surface area contributed by atoms with Crippen LogP contribution in [0.4, 0.5) is 0 Å². The van der Waals surface area contributed by atoms with Gasteiger partial charge in [-0.25, -0.2) is 0 Å². The second-order valence-electron chi connectivity index (χ2n) is 5.67. The molecule has 1 aliphatic rings. The fraction of sp³-hybridized carbons (Fsp3) is 0.0500. The van der Waals surface area contributed by atoms with Gasteiger partial charge >= 0.3 is 0 Å². The van der Waals surface area contributed by atoms with E-state index in [9.17, 15) is 0 Å². The first-order chi connectivity index (χ1) is 10.4. The van der Waals surface area contributed by atoms with E-state index in [0.717, 1.165) is 11.9 Å². The van der Waals surface area contributed by atoms with E-state index in [1.165, 1.54) is 38.5 Å². The van der Waals surface area contributed by atoms with Gasteiger partial charge in [-0.1, -0.05) is 54.6 Å². The Bertz CT molecular complexity index is 1010. The molecule has 0 atom stereocenters. The topological polar surface area (TPSA) is 12.9 Å². The zero-order valence-corrected chi connectivity index (χ0v) is 11.5. The standard InChI is InChI=1S/C20H13N/c1-3-7-16-13(5-1)9-10-15-12-19-17(20(15)16)11-14-6-2-4-8-18(14)21-19/h1-11H,12H2. The van der Waals surface area contributed by atoms with E-state index in [-0.39, 0.29) is 0 Å². The minimum Gasteiger partial charge on any atom is -0.252 e. The lowest BCUT2D eigenvalue weighted by atomic mass is 9.98. The van der Waals surface area contributed by atoms with E-state index in [4.69, 9.17) is 4.98 Å². The highest BCUT2D eigenvalue weighted by Crippen LogP contribution is 2.41. The van der Waals surface area contributed by atoms with Crippen molar-refractivity contribution in [2.75, 3.05) is 0 Å². The third-order valence-corrected chi connectivity index (χ3v) is 4.45. The predicted octanol–water partition coefficient (Wildman–Crippen LogP) is 4.96. The van der Waals surface area contributed by atoms with Crippen molar-refractivity contribution >= 4 is 21.7 Å². The maximum atomic E-state index is 4.88.